The molecule has 1 amide bonds. The van der Waals surface area contributed by atoms with E-state index in [-0.39, 0.29) is 17.1 Å². The summed E-state index contributed by atoms with van der Waals surface area (Å²) in [6, 6.07) is 3.38. The van der Waals surface area contributed by atoms with Crippen LogP contribution in [0.3, 0.4) is 0 Å². The highest BCUT2D eigenvalue weighted by atomic mass is 16.3. The monoisotopic (exact) mass is 382 g/mol. The molecule has 3 aromatic rings. The maximum Gasteiger partial charge on any atom is 0.253 e. The highest BCUT2D eigenvalue weighted by Gasteiger charge is 2.27. The van der Waals surface area contributed by atoms with Crippen LogP contribution < -0.4 is 16.4 Å². The molecule has 2 aromatic heterocycles. The average Bonchev–Trinajstić information content (AvgIpc) is 3.20. The van der Waals surface area contributed by atoms with Gasteiger partial charge < -0.3 is 26.6 Å². The van der Waals surface area contributed by atoms with Crippen molar-refractivity contribution in [3.05, 3.63) is 35.0 Å². The molecule has 9 heteroatoms. The molecule has 0 saturated carbocycles. The zero-order valence-electron chi connectivity index (χ0n) is 15.7. The number of aliphatic hydroxyl groups is 1. The van der Waals surface area contributed by atoms with E-state index in [0.717, 1.165) is 5.56 Å². The smallest absolute Gasteiger partial charge is 0.253 e. The van der Waals surface area contributed by atoms with E-state index in [1.165, 1.54) is 6.20 Å². The van der Waals surface area contributed by atoms with Crippen LogP contribution in [0.2, 0.25) is 0 Å². The zero-order chi connectivity index (χ0) is 20.2. The molecule has 1 aliphatic rings. The number of anilines is 2. The Morgan fingerprint density at radius 3 is 2.71 bits per heavy atom. The van der Waals surface area contributed by atoms with Crippen molar-refractivity contribution < 1.29 is 15.0 Å². The van der Waals surface area contributed by atoms with Gasteiger partial charge in [-0.3, -0.25) is 9.36 Å². The topological polar surface area (TPSA) is 144 Å². The van der Waals surface area contributed by atoms with Crippen molar-refractivity contribution >= 4 is 28.7 Å². The number of aromatic hydroxyl groups is 1. The molecule has 1 aromatic carbocycles. The fraction of sp³-hybridized carbons (Fsp3) is 0.316. The van der Waals surface area contributed by atoms with E-state index in [9.17, 15) is 15.0 Å². The Hall–Kier alpha value is -3.33. The Balaban J connectivity index is 2.03. The number of β-amino-alcohol motifs (C(OH)–C–C–N with tert-alkyl or cyclic N) is 1. The van der Waals surface area contributed by atoms with Crippen LogP contribution in [0.25, 0.3) is 16.7 Å². The van der Waals surface area contributed by atoms with Gasteiger partial charge in [-0.2, -0.15) is 4.98 Å². The Kier molecular flexibility index (Phi) is 4.11. The van der Waals surface area contributed by atoms with Crippen LogP contribution in [-0.4, -0.2) is 49.8 Å². The number of nitrogen functional groups attached to an aromatic ring is 1. The lowest BCUT2D eigenvalue weighted by atomic mass is 10.1. The Morgan fingerprint density at radius 2 is 2.07 bits per heavy atom. The van der Waals surface area contributed by atoms with E-state index in [1.807, 2.05) is 11.8 Å². The normalized spacial score (nSPS) is 16.8. The third-order valence-electron chi connectivity index (χ3n) is 5.25. The van der Waals surface area contributed by atoms with E-state index < -0.39 is 12.0 Å². The summed E-state index contributed by atoms with van der Waals surface area (Å²) >= 11 is 0. The molecular weight excluding hydrogens is 360 g/mol. The minimum Gasteiger partial charge on any atom is -0.508 e. The molecule has 146 valence electrons. The number of phenolic OH excluding ortho intramolecular Hbond substituents is 1. The first-order valence-corrected chi connectivity index (χ1v) is 8.99. The molecule has 0 unspecified atom stereocenters. The first-order valence-electron chi connectivity index (χ1n) is 8.99. The predicted octanol–water partition coefficient (Wildman–Crippen LogP) is 0.995. The summed E-state index contributed by atoms with van der Waals surface area (Å²) in [5.74, 6) is 0.0190. The fourth-order valence-corrected chi connectivity index (χ4v) is 3.80. The number of carbonyl (C=O) groups is 1. The summed E-state index contributed by atoms with van der Waals surface area (Å²) < 4.78 is 1.64. The summed E-state index contributed by atoms with van der Waals surface area (Å²) in [6.45, 7) is 4.73. The standard InChI is InChI=1S/C19H22N6O3/c1-9-3-4-13(27)10(2)15(9)25-16(20)14(17(21)28)12-7-22-19(23-18(12)25)24-6-5-11(26)8-24/h3-4,7,11,26-27H,5-6,8,20H2,1-2H3,(H2,21,28)/t11-/m0/s1. The molecule has 1 atom stereocenters. The number of amides is 1. The van der Waals surface area contributed by atoms with Gasteiger partial charge in [0.1, 0.15) is 11.6 Å². The van der Waals surface area contributed by atoms with Gasteiger partial charge in [-0.15, -0.1) is 0 Å². The molecule has 0 aliphatic carbocycles. The quantitative estimate of drug-likeness (QED) is 0.529. The number of fused-ring (bicyclic) bond motifs is 1. The Labute approximate surface area is 161 Å². The van der Waals surface area contributed by atoms with Crippen LogP contribution in [0.15, 0.2) is 18.3 Å². The van der Waals surface area contributed by atoms with Crippen LogP contribution in [0.1, 0.15) is 27.9 Å². The summed E-state index contributed by atoms with van der Waals surface area (Å²) in [5, 5.41) is 20.5. The van der Waals surface area contributed by atoms with Gasteiger partial charge in [0, 0.05) is 24.8 Å². The van der Waals surface area contributed by atoms with Crippen molar-refractivity contribution in [1.29, 1.82) is 0 Å². The van der Waals surface area contributed by atoms with Crippen molar-refractivity contribution in [2.45, 2.75) is 26.4 Å². The van der Waals surface area contributed by atoms with Gasteiger partial charge >= 0.3 is 0 Å². The van der Waals surface area contributed by atoms with E-state index >= 15 is 0 Å². The number of nitrogens with zero attached hydrogens (tertiary/aromatic N) is 4. The third-order valence-corrected chi connectivity index (χ3v) is 5.25. The Morgan fingerprint density at radius 1 is 1.32 bits per heavy atom. The van der Waals surface area contributed by atoms with Crippen LogP contribution in [0.5, 0.6) is 5.75 Å². The second-order valence-electron chi connectivity index (χ2n) is 7.13. The Bertz CT molecular complexity index is 1110. The number of phenols is 1. The third kappa shape index (κ3) is 2.63. The molecule has 1 saturated heterocycles. The van der Waals surface area contributed by atoms with Crippen LogP contribution in [-0.2, 0) is 0 Å². The molecule has 9 nitrogen and oxygen atoms in total. The summed E-state index contributed by atoms with van der Waals surface area (Å²) in [5.41, 5.74) is 14.6. The molecule has 0 radical (unpaired) electrons. The number of aliphatic hydroxyl groups excluding tert-OH is 1. The van der Waals surface area contributed by atoms with Crippen LogP contribution in [0, 0.1) is 13.8 Å². The maximum atomic E-state index is 12.1. The molecule has 1 fully saturated rings. The predicted molar refractivity (Wildman–Crippen MR) is 106 cm³/mol. The lowest BCUT2D eigenvalue weighted by molar-refractivity contribution is 0.100. The molecule has 3 heterocycles. The molecular formula is C19H22N6O3. The van der Waals surface area contributed by atoms with Gasteiger partial charge in [0.25, 0.3) is 5.91 Å². The zero-order valence-corrected chi connectivity index (χ0v) is 15.7. The summed E-state index contributed by atoms with van der Waals surface area (Å²) in [4.78, 5) is 23.0. The first kappa shape index (κ1) is 18.1. The van der Waals surface area contributed by atoms with Gasteiger partial charge in [0.2, 0.25) is 5.95 Å². The van der Waals surface area contributed by atoms with Crippen molar-refractivity contribution in [1.82, 2.24) is 14.5 Å². The number of nitrogens with two attached hydrogens (primary N) is 2. The average molecular weight is 382 g/mol. The second kappa shape index (κ2) is 6.38. The lowest BCUT2D eigenvalue weighted by Crippen LogP contribution is -2.23. The number of aryl methyl sites for hydroxylation is 1. The van der Waals surface area contributed by atoms with Gasteiger partial charge in [0.05, 0.1) is 22.7 Å². The van der Waals surface area contributed by atoms with E-state index in [0.29, 0.717) is 47.7 Å². The van der Waals surface area contributed by atoms with Crippen molar-refractivity contribution in [2.24, 2.45) is 5.73 Å². The van der Waals surface area contributed by atoms with Gasteiger partial charge in [0.15, 0.2) is 5.65 Å². The number of hydrogen-bond donors (Lipinski definition) is 4. The number of hydrogen-bond acceptors (Lipinski definition) is 7. The highest BCUT2D eigenvalue weighted by molar-refractivity contribution is 6.11. The van der Waals surface area contributed by atoms with Gasteiger partial charge in [-0.1, -0.05) is 6.07 Å². The minimum absolute atomic E-state index is 0.111. The minimum atomic E-state index is -0.676. The lowest BCUT2D eigenvalue weighted by Gasteiger charge is -2.17. The molecule has 1 aliphatic heterocycles. The van der Waals surface area contributed by atoms with Crippen molar-refractivity contribution in [3.8, 4) is 11.4 Å². The molecule has 28 heavy (non-hydrogen) atoms. The highest BCUT2D eigenvalue weighted by Crippen LogP contribution is 2.36. The first-order chi connectivity index (χ1) is 13.3. The second-order valence-corrected chi connectivity index (χ2v) is 7.13. The van der Waals surface area contributed by atoms with Crippen molar-refractivity contribution in [3.63, 3.8) is 0 Å². The van der Waals surface area contributed by atoms with E-state index in [4.69, 9.17) is 11.5 Å². The molecule has 0 bridgehead atoms. The van der Waals surface area contributed by atoms with Gasteiger partial charge in [-0.05, 0) is 31.9 Å². The number of carbonyl (C=O) groups excluding carboxylic acids is 1. The number of benzene rings is 1. The van der Waals surface area contributed by atoms with E-state index in [2.05, 4.69) is 9.97 Å². The number of rotatable bonds is 3. The molecule has 4 rings (SSSR count). The SMILES string of the molecule is Cc1ccc(O)c(C)c1-n1c(N)c(C(N)=O)c2cnc(N3CC[C@H](O)C3)nc21. The maximum absolute atomic E-state index is 12.1. The van der Waals surface area contributed by atoms with Crippen LogP contribution in [0.4, 0.5) is 11.8 Å². The summed E-state index contributed by atoms with van der Waals surface area (Å²) in [7, 11) is 0. The largest absolute Gasteiger partial charge is 0.508 e. The molecule has 6 N–H and O–H groups in total. The summed E-state index contributed by atoms with van der Waals surface area (Å²) in [6.07, 6.45) is 1.75. The number of aromatic nitrogens is 3. The van der Waals surface area contributed by atoms with Crippen LogP contribution >= 0.6 is 0 Å². The van der Waals surface area contributed by atoms with E-state index in [1.54, 1.807) is 23.6 Å². The fourth-order valence-electron chi connectivity index (χ4n) is 3.80. The van der Waals surface area contributed by atoms with Gasteiger partial charge in [-0.25, -0.2) is 4.98 Å². The number of primary amides is 1. The van der Waals surface area contributed by atoms with Crippen molar-refractivity contribution in [2.75, 3.05) is 23.7 Å². The molecule has 0 spiro atoms.